The van der Waals surface area contributed by atoms with Gasteiger partial charge in [0.25, 0.3) is 0 Å². The van der Waals surface area contributed by atoms with Gasteiger partial charge in [0.1, 0.15) is 0 Å². The van der Waals surface area contributed by atoms with Crippen LogP contribution in [0.25, 0.3) is 0 Å². The maximum absolute atomic E-state index is 12.4. The first kappa shape index (κ1) is 12.5. The Morgan fingerprint density at radius 2 is 1.94 bits per heavy atom. The Balaban J connectivity index is 2.88. The first-order valence-electron chi connectivity index (χ1n) is 4.67. The van der Waals surface area contributed by atoms with Crippen LogP contribution >= 0.6 is 0 Å². The molecule has 0 radical (unpaired) electrons. The number of carbonyl (C=O) groups excluding carboxylic acids is 1. The van der Waals surface area contributed by atoms with Crippen LogP contribution in [-0.2, 0) is 17.4 Å². The maximum Gasteiger partial charge on any atom is 0.416 e. The molecule has 0 aliphatic heterocycles. The summed E-state index contributed by atoms with van der Waals surface area (Å²) in [6.45, 7) is 0. The number of hydrogen-bond acceptors (Lipinski definition) is 1. The van der Waals surface area contributed by atoms with Crippen LogP contribution in [-0.4, -0.2) is 24.9 Å². The smallest absolute Gasteiger partial charge is 0.349 e. The van der Waals surface area contributed by atoms with E-state index in [1.54, 1.807) is 14.1 Å². The van der Waals surface area contributed by atoms with Crippen LogP contribution in [0.5, 0.6) is 0 Å². The second kappa shape index (κ2) is 4.55. The summed E-state index contributed by atoms with van der Waals surface area (Å²) in [5.74, 6) is -0.223. The summed E-state index contributed by atoms with van der Waals surface area (Å²) in [5.41, 5.74) is -0.356. The van der Waals surface area contributed by atoms with Gasteiger partial charge in [0.2, 0.25) is 5.91 Å². The Labute approximate surface area is 91.7 Å². The Bertz CT molecular complexity index is 385. The summed E-state index contributed by atoms with van der Waals surface area (Å²) >= 11 is 0. The fraction of sp³-hybridized carbons (Fsp3) is 0.364. The summed E-state index contributed by atoms with van der Waals surface area (Å²) < 4.78 is 37.1. The van der Waals surface area contributed by atoms with Crippen molar-refractivity contribution in [3.8, 4) is 0 Å². The van der Waals surface area contributed by atoms with Gasteiger partial charge in [-0.1, -0.05) is 18.2 Å². The number of likely N-dealkylation sites (N-methyl/N-ethyl adjacent to an activating group) is 1. The van der Waals surface area contributed by atoms with Crippen molar-refractivity contribution in [1.82, 2.24) is 4.90 Å². The zero-order chi connectivity index (χ0) is 12.3. The molecule has 1 aromatic rings. The lowest BCUT2D eigenvalue weighted by Crippen LogP contribution is -2.23. The largest absolute Gasteiger partial charge is 0.416 e. The van der Waals surface area contributed by atoms with E-state index < -0.39 is 11.7 Å². The lowest BCUT2D eigenvalue weighted by atomic mass is 10.1. The molecule has 0 aliphatic carbocycles. The molecule has 16 heavy (non-hydrogen) atoms. The van der Waals surface area contributed by atoms with Crippen molar-refractivity contribution in [1.29, 1.82) is 0 Å². The molecule has 0 saturated heterocycles. The molecule has 0 bridgehead atoms. The monoisotopic (exact) mass is 231 g/mol. The average Bonchev–Trinajstić information content (AvgIpc) is 2.16. The molecule has 88 valence electrons. The van der Waals surface area contributed by atoms with Crippen LogP contribution in [0.3, 0.4) is 0 Å². The van der Waals surface area contributed by atoms with Crippen LogP contribution in [0, 0.1) is 0 Å². The molecule has 0 unspecified atom stereocenters. The second-order valence-electron chi connectivity index (χ2n) is 3.66. The number of halogens is 3. The van der Waals surface area contributed by atoms with Crippen molar-refractivity contribution in [3.05, 3.63) is 35.4 Å². The number of amides is 1. The fourth-order valence-corrected chi connectivity index (χ4v) is 1.19. The molecule has 2 nitrogen and oxygen atoms in total. The summed E-state index contributed by atoms with van der Waals surface area (Å²) in [6, 6.07) is 4.81. The zero-order valence-electron chi connectivity index (χ0n) is 9.01. The third-order valence-corrected chi connectivity index (χ3v) is 2.11. The highest BCUT2D eigenvalue weighted by atomic mass is 19.4. The fourth-order valence-electron chi connectivity index (χ4n) is 1.19. The Hall–Kier alpha value is -1.52. The molecule has 0 atom stereocenters. The summed E-state index contributed by atoms with van der Waals surface area (Å²) in [4.78, 5) is 12.7. The number of benzene rings is 1. The quantitative estimate of drug-likeness (QED) is 0.765. The average molecular weight is 231 g/mol. The Kier molecular flexibility index (Phi) is 3.57. The Morgan fingerprint density at radius 1 is 1.31 bits per heavy atom. The molecule has 1 amide bonds. The van der Waals surface area contributed by atoms with Gasteiger partial charge >= 0.3 is 6.18 Å². The van der Waals surface area contributed by atoms with Crippen LogP contribution in [0.2, 0.25) is 0 Å². The van der Waals surface area contributed by atoms with E-state index >= 15 is 0 Å². The predicted octanol–water partition coefficient (Wildman–Crippen LogP) is 2.34. The van der Waals surface area contributed by atoms with E-state index in [0.29, 0.717) is 5.56 Å². The minimum absolute atomic E-state index is 0.0169. The molecular formula is C11H12F3NO. The lowest BCUT2D eigenvalue weighted by Gasteiger charge is -2.11. The third kappa shape index (κ3) is 3.25. The van der Waals surface area contributed by atoms with Gasteiger partial charge in [-0.05, 0) is 11.6 Å². The molecule has 0 spiro atoms. The van der Waals surface area contributed by atoms with Gasteiger partial charge < -0.3 is 4.90 Å². The molecule has 0 heterocycles. The van der Waals surface area contributed by atoms with Gasteiger partial charge in [0.15, 0.2) is 0 Å². The maximum atomic E-state index is 12.4. The predicted molar refractivity (Wildman–Crippen MR) is 53.8 cm³/mol. The zero-order valence-corrected chi connectivity index (χ0v) is 9.01. The number of hydrogen-bond donors (Lipinski definition) is 0. The molecule has 0 saturated carbocycles. The van der Waals surface area contributed by atoms with Crippen LogP contribution in [0.4, 0.5) is 13.2 Å². The van der Waals surface area contributed by atoms with Crippen LogP contribution in [0.15, 0.2) is 24.3 Å². The Morgan fingerprint density at radius 3 is 2.44 bits per heavy atom. The van der Waals surface area contributed by atoms with Gasteiger partial charge in [-0.2, -0.15) is 13.2 Å². The highest BCUT2D eigenvalue weighted by Gasteiger charge is 2.30. The normalized spacial score (nSPS) is 11.3. The summed E-state index contributed by atoms with van der Waals surface area (Å²) in [5, 5.41) is 0. The third-order valence-electron chi connectivity index (χ3n) is 2.11. The SMILES string of the molecule is CN(C)C(=O)Cc1cccc(C(F)(F)F)c1. The summed E-state index contributed by atoms with van der Waals surface area (Å²) in [6.07, 6.45) is -4.38. The van der Waals surface area contributed by atoms with E-state index in [2.05, 4.69) is 0 Å². The minimum atomic E-state index is -4.36. The molecule has 5 heteroatoms. The van der Waals surface area contributed by atoms with Gasteiger partial charge in [-0.3, -0.25) is 4.79 Å². The van der Waals surface area contributed by atoms with Gasteiger partial charge in [-0.15, -0.1) is 0 Å². The standard InChI is InChI=1S/C11H12F3NO/c1-15(2)10(16)7-8-4-3-5-9(6-8)11(12,13)14/h3-6H,7H2,1-2H3. The van der Waals surface area contributed by atoms with Crippen molar-refractivity contribution >= 4 is 5.91 Å². The minimum Gasteiger partial charge on any atom is -0.349 e. The number of carbonyl (C=O) groups is 1. The second-order valence-corrected chi connectivity index (χ2v) is 3.66. The molecule has 0 N–H and O–H groups in total. The van der Waals surface area contributed by atoms with Crippen LogP contribution in [0.1, 0.15) is 11.1 Å². The molecule has 0 fully saturated rings. The van der Waals surface area contributed by atoms with E-state index in [1.807, 2.05) is 0 Å². The lowest BCUT2D eigenvalue weighted by molar-refractivity contribution is -0.137. The molecule has 1 aromatic carbocycles. The van der Waals surface area contributed by atoms with E-state index in [0.717, 1.165) is 12.1 Å². The van der Waals surface area contributed by atoms with Crippen LogP contribution < -0.4 is 0 Å². The summed E-state index contributed by atoms with van der Waals surface area (Å²) in [7, 11) is 3.13. The van der Waals surface area contributed by atoms with Crippen molar-refractivity contribution in [2.24, 2.45) is 0 Å². The first-order valence-corrected chi connectivity index (χ1v) is 4.67. The number of nitrogens with zero attached hydrogens (tertiary/aromatic N) is 1. The van der Waals surface area contributed by atoms with Gasteiger partial charge in [0.05, 0.1) is 12.0 Å². The van der Waals surface area contributed by atoms with Crippen molar-refractivity contribution in [2.75, 3.05) is 14.1 Å². The van der Waals surface area contributed by atoms with Crippen molar-refractivity contribution in [2.45, 2.75) is 12.6 Å². The topological polar surface area (TPSA) is 20.3 Å². The molecule has 0 aliphatic rings. The van der Waals surface area contributed by atoms with E-state index in [4.69, 9.17) is 0 Å². The highest BCUT2D eigenvalue weighted by Crippen LogP contribution is 2.29. The first-order chi connectivity index (χ1) is 7.30. The van der Waals surface area contributed by atoms with Crippen molar-refractivity contribution in [3.63, 3.8) is 0 Å². The van der Waals surface area contributed by atoms with Gasteiger partial charge in [0, 0.05) is 14.1 Å². The molecular weight excluding hydrogens is 219 g/mol. The van der Waals surface area contributed by atoms with E-state index in [-0.39, 0.29) is 12.3 Å². The number of alkyl halides is 3. The molecule has 1 rings (SSSR count). The van der Waals surface area contributed by atoms with E-state index in [1.165, 1.54) is 17.0 Å². The van der Waals surface area contributed by atoms with E-state index in [9.17, 15) is 18.0 Å². The number of rotatable bonds is 2. The van der Waals surface area contributed by atoms with Crippen molar-refractivity contribution < 1.29 is 18.0 Å². The van der Waals surface area contributed by atoms with Gasteiger partial charge in [-0.25, -0.2) is 0 Å². The highest BCUT2D eigenvalue weighted by molar-refractivity contribution is 5.78. The molecule has 0 aromatic heterocycles.